The lowest BCUT2D eigenvalue weighted by atomic mass is 10.1. The van der Waals surface area contributed by atoms with Gasteiger partial charge < -0.3 is 0 Å². The van der Waals surface area contributed by atoms with Gasteiger partial charge in [-0.25, -0.2) is 0 Å². The predicted octanol–water partition coefficient (Wildman–Crippen LogP) is 3.84. The second-order valence-corrected chi connectivity index (χ2v) is 3.25. The first-order valence-corrected chi connectivity index (χ1v) is 4.12. The topological polar surface area (TPSA) is 0 Å². The highest BCUT2D eigenvalue weighted by atomic mass is 35.5. The summed E-state index contributed by atoms with van der Waals surface area (Å²) >= 11 is 5.23. The molecule has 0 aliphatic heterocycles. The van der Waals surface area contributed by atoms with Crippen LogP contribution >= 0.6 is 11.6 Å². The van der Waals surface area contributed by atoms with E-state index in [0.29, 0.717) is 0 Å². The van der Waals surface area contributed by atoms with Crippen LogP contribution in [0.15, 0.2) is 24.3 Å². The smallest absolute Gasteiger partial charge is 0.169 e. The Morgan fingerprint density at radius 3 is 2.38 bits per heavy atom. The first-order valence-electron chi connectivity index (χ1n) is 3.68. The number of halogens is 4. The van der Waals surface area contributed by atoms with E-state index >= 15 is 0 Å². The normalized spacial score (nSPS) is 14.2. The average molecular weight is 209 g/mol. The molecule has 0 saturated carbocycles. The maximum atomic E-state index is 12.1. The Labute approximate surface area is 79.3 Å². The molecule has 1 atom stereocenters. The standard InChI is InChI=1S/C9H8ClF3/c1-6-3-2-4-7(5-6)8(10)9(11,12)13/h2-5,8H,1H3. The van der Waals surface area contributed by atoms with Gasteiger partial charge in [0.15, 0.2) is 5.38 Å². The van der Waals surface area contributed by atoms with Gasteiger partial charge in [-0.2, -0.15) is 13.2 Å². The molecule has 1 rings (SSSR count). The van der Waals surface area contributed by atoms with Gasteiger partial charge in [-0.05, 0) is 12.5 Å². The van der Waals surface area contributed by atoms with E-state index in [0.717, 1.165) is 5.56 Å². The Bertz CT molecular complexity index is 293. The fraction of sp³-hybridized carbons (Fsp3) is 0.333. The van der Waals surface area contributed by atoms with Crippen LogP contribution in [0.2, 0.25) is 0 Å². The zero-order chi connectivity index (χ0) is 10.1. The van der Waals surface area contributed by atoms with Crippen LogP contribution in [-0.2, 0) is 0 Å². The molecule has 4 heteroatoms. The first kappa shape index (κ1) is 10.4. The van der Waals surface area contributed by atoms with Gasteiger partial charge in [-0.1, -0.05) is 29.8 Å². The van der Waals surface area contributed by atoms with E-state index in [4.69, 9.17) is 11.6 Å². The van der Waals surface area contributed by atoms with Gasteiger partial charge in [-0.15, -0.1) is 11.6 Å². The first-order chi connectivity index (χ1) is 5.91. The number of rotatable bonds is 1. The highest BCUT2D eigenvalue weighted by Crippen LogP contribution is 2.37. The van der Waals surface area contributed by atoms with Gasteiger partial charge >= 0.3 is 6.18 Å². The van der Waals surface area contributed by atoms with Gasteiger partial charge in [0.1, 0.15) is 0 Å². The third-order valence-electron chi connectivity index (χ3n) is 1.62. The van der Waals surface area contributed by atoms with Crippen molar-refractivity contribution in [1.82, 2.24) is 0 Å². The third-order valence-corrected chi connectivity index (χ3v) is 2.12. The molecule has 0 bridgehead atoms. The van der Waals surface area contributed by atoms with Crippen LogP contribution in [0.25, 0.3) is 0 Å². The molecule has 0 nitrogen and oxygen atoms in total. The highest BCUT2D eigenvalue weighted by molar-refractivity contribution is 6.21. The molecule has 0 heterocycles. The molecular formula is C9H8ClF3. The lowest BCUT2D eigenvalue weighted by molar-refractivity contribution is -0.131. The molecule has 1 aromatic carbocycles. The SMILES string of the molecule is Cc1cccc(C(Cl)C(F)(F)F)c1. The molecule has 0 N–H and O–H groups in total. The van der Waals surface area contributed by atoms with Gasteiger partial charge in [0.05, 0.1) is 0 Å². The van der Waals surface area contributed by atoms with Crippen molar-refractivity contribution in [1.29, 1.82) is 0 Å². The highest BCUT2D eigenvalue weighted by Gasteiger charge is 2.39. The Hall–Kier alpha value is -0.700. The molecule has 13 heavy (non-hydrogen) atoms. The van der Waals surface area contributed by atoms with Gasteiger partial charge in [-0.3, -0.25) is 0 Å². The van der Waals surface area contributed by atoms with Crippen molar-refractivity contribution < 1.29 is 13.2 Å². The fourth-order valence-corrected chi connectivity index (χ4v) is 1.15. The summed E-state index contributed by atoms with van der Waals surface area (Å²) in [5, 5.41) is -1.91. The number of benzene rings is 1. The lowest BCUT2D eigenvalue weighted by Gasteiger charge is -2.13. The van der Waals surface area contributed by atoms with Crippen LogP contribution in [-0.4, -0.2) is 6.18 Å². The summed E-state index contributed by atoms with van der Waals surface area (Å²) in [5.74, 6) is 0. The monoisotopic (exact) mass is 208 g/mol. The minimum atomic E-state index is -4.38. The largest absolute Gasteiger partial charge is 0.408 e. The molecule has 0 radical (unpaired) electrons. The summed E-state index contributed by atoms with van der Waals surface area (Å²) in [4.78, 5) is 0. The van der Waals surface area contributed by atoms with E-state index in [1.165, 1.54) is 12.1 Å². The van der Waals surface area contributed by atoms with Crippen LogP contribution < -0.4 is 0 Å². The Kier molecular flexibility index (Phi) is 2.86. The molecule has 0 saturated heterocycles. The van der Waals surface area contributed by atoms with Crippen LogP contribution in [0, 0.1) is 6.92 Å². The zero-order valence-corrected chi connectivity index (χ0v) is 7.65. The molecule has 1 unspecified atom stereocenters. The van der Waals surface area contributed by atoms with Gasteiger partial charge in [0, 0.05) is 0 Å². The predicted molar refractivity (Wildman–Crippen MR) is 45.8 cm³/mol. The maximum absolute atomic E-state index is 12.1. The van der Waals surface area contributed by atoms with Crippen molar-refractivity contribution in [3.05, 3.63) is 35.4 Å². The summed E-state index contributed by atoms with van der Waals surface area (Å²) in [6, 6.07) is 6.10. The van der Waals surface area contributed by atoms with E-state index in [9.17, 15) is 13.2 Å². The summed E-state index contributed by atoms with van der Waals surface area (Å²) in [6.07, 6.45) is -4.38. The molecule has 0 aromatic heterocycles. The van der Waals surface area contributed by atoms with Crippen LogP contribution in [0.1, 0.15) is 16.5 Å². The van der Waals surface area contributed by atoms with Crippen molar-refractivity contribution >= 4 is 11.6 Å². The summed E-state index contributed by atoms with van der Waals surface area (Å²) in [6.45, 7) is 1.73. The summed E-state index contributed by atoms with van der Waals surface area (Å²) in [5.41, 5.74) is 0.863. The van der Waals surface area contributed by atoms with Gasteiger partial charge in [0.25, 0.3) is 0 Å². The number of alkyl halides is 4. The fourth-order valence-electron chi connectivity index (χ4n) is 1.02. The van der Waals surface area contributed by atoms with E-state index in [-0.39, 0.29) is 5.56 Å². The molecule has 1 aromatic rings. The van der Waals surface area contributed by atoms with E-state index in [2.05, 4.69) is 0 Å². The maximum Gasteiger partial charge on any atom is 0.408 e. The number of aryl methyl sites for hydroxylation is 1. The summed E-state index contributed by atoms with van der Waals surface area (Å²) in [7, 11) is 0. The Morgan fingerprint density at radius 2 is 1.92 bits per heavy atom. The lowest BCUT2D eigenvalue weighted by Crippen LogP contribution is -2.15. The van der Waals surface area contributed by atoms with Crippen molar-refractivity contribution in [3.8, 4) is 0 Å². The molecule has 0 spiro atoms. The summed E-state index contributed by atoms with van der Waals surface area (Å²) < 4.78 is 36.4. The molecule has 0 fully saturated rings. The number of hydrogen-bond acceptors (Lipinski definition) is 0. The zero-order valence-electron chi connectivity index (χ0n) is 6.90. The van der Waals surface area contributed by atoms with Crippen molar-refractivity contribution in [3.63, 3.8) is 0 Å². The quantitative estimate of drug-likeness (QED) is 0.616. The Balaban J connectivity index is 2.96. The molecule has 0 aliphatic rings. The molecule has 72 valence electrons. The van der Waals surface area contributed by atoms with Crippen molar-refractivity contribution in [2.75, 3.05) is 0 Å². The average Bonchev–Trinajstić information content (AvgIpc) is 2.01. The van der Waals surface area contributed by atoms with E-state index in [1.54, 1.807) is 19.1 Å². The third kappa shape index (κ3) is 2.62. The van der Waals surface area contributed by atoms with Crippen molar-refractivity contribution in [2.45, 2.75) is 18.5 Å². The Morgan fingerprint density at radius 1 is 1.31 bits per heavy atom. The van der Waals surface area contributed by atoms with Crippen LogP contribution in [0.3, 0.4) is 0 Å². The van der Waals surface area contributed by atoms with Gasteiger partial charge in [0.2, 0.25) is 0 Å². The number of hydrogen-bond donors (Lipinski definition) is 0. The van der Waals surface area contributed by atoms with E-state index in [1.807, 2.05) is 0 Å². The van der Waals surface area contributed by atoms with E-state index < -0.39 is 11.6 Å². The van der Waals surface area contributed by atoms with Crippen LogP contribution in [0.5, 0.6) is 0 Å². The molecule has 0 aliphatic carbocycles. The molecular weight excluding hydrogens is 201 g/mol. The minimum absolute atomic E-state index is 0.0918. The second-order valence-electron chi connectivity index (χ2n) is 2.82. The van der Waals surface area contributed by atoms with Crippen molar-refractivity contribution in [2.24, 2.45) is 0 Å². The molecule has 0 amide bonds. The minimum Gasteiger partial charge on any atom is -0.169 e. The van der Waals surface area contributed by atoms with Crippen LogP contribution in [0.4, 0.5) is 13.2 Å². The second kappa shape index (κ2) is 3.58.